The van der Waals surface area contributed by atoms with Crippen molar-refractivity contribution in [2.24, 2.45) is 0 Å². The molecule has 2 heterocycles. The zero-order valence-corrected chi connectivity index (χ0v) is 21.1. The zero-order chi connectivity index (χ0) is 25.6. The molecule has 7 nitrogen and oxygen atoms in total. The fourth-order valence-electron chi connectivity index (χ4n) is 4.25. The number of aromatic nitrogens is 2. The third-order valence-corrected chi connectivity index (χ3v) is 7.57. The molecule has 1 fully saturated rings. The summed E-state index contributed by atoms with van der Waals surface area (Å²) in [4.78, 5) is 12.2. The van der Waals surface area contributed by atoms with Crippen LogP contribution in [0.4, 0.5) is 14.5 Å². The molecular formula is C25H20BrF2N3O4S. The van der Waals surface area contributed by atoms with Crippen LogP contribution in [0, 0.1) is 11.6 Å². The number of carboxylic acid groups (broad SMARTS) is 1. The van der Waals surface area contributed by atoms with Crippen molar-refractivity contribution >= 4 is 44.4 Å². The Morgan fingerprint density at radius 1 is 1.17 bits per heavy atom. The fourth-order valence-corrected chi connectivity index (χ4v) is 5.07. The first-order valence-electron chi connectivity index (χ1n) is 11.1. The Morgan fingerprint density at radius 2 is 1.89 bits per heavy atom. The van der Waals surface area contributed by atoms with E-state index >= 15 is 0 Å². The first-order valence-corrected chi connectivity index (χ1v) is 13.0. The predicted octanol–water partition coefficient (Wildman–Crippen LogP) is 5.80. The number of nitrogens with zero attached hydrogens (tertiary/aromatic N) is 3. The van der Waals surface area contributed by atoms with Gasteiger partial charge < -0.3 is 5.11 Å². The molecule has 0 spiro atoms. The van der Waals surface area contributed by atoms with Crippen LogP contribution in [0.3, 0.4) is 0 Å². The van der Waals surface area contributed by atoms with Crippen molar-refractivity contribution in [2.45, 2.75) is 25.2 Å². The van der Waals surface area contributed by atoms with Crippen molar-refractivity contribution < 1.29 is 27.4 Å². The molecule has 1 atom stereocenters. The van der Waals surface area contributed by atoms with Crippen molar-refractivity contribution in [1.82, 2.24) is 9.61 Å². The van der Waals surface area contributed by atoms with E-state index in [1.54, 1.807) is 24.4 Å². The van der Waals surface area contributed by atoms with E-state index in [0.717, 1.165) is 18.4 Å². The van der Waals surface area contributed by atoms with Crippen LogP contribution in [0.2, 0.25) is 0 Å². The van der Waals surface area contributed by atoms with Gasteiger partial charge in [0.15, 0.2) is 0 Å². The van der Waals surface area contributed by atoms with Gasteiger partial charge >= 0.3 is 5.97 Å². The molecule has 0 saturated heterocycles. The molecule has 1 aliphatic carbocycles. The molecule has 0 aliphatic heterocycles. The van der Waals surface area contributed by atoms with Gasteiger partial charge in [-0.3, -0.25) is 8.86 Å². The van der Waals surface area contributed by atoms with E-state index in [1.165, 1.54) is 39.2 Å². The SMILES string of the molecule is O=C(O)c1c(-c2ccc(F)cc2)nn2cc(N(CCc3ccc(Br)c(F)c3)S(=O)O)c(C3CC3)cc12. The molecule has 186 valence electrons. The number of pyridine rings is 1. The molecule has 2 N–H and O–H groups in total. The molecule has 0 bridgehead atoms. The van der Waals surface area contributed by atoms with Crippen LogP contribution in [-0.4, -0.2) is 36.0 Å². The quantitative estimate of drug-likeness (QED) is 0.259. The maximum Gasteiger partial charge on any atom is 0.340 e. The highest BCUT2D eigenvalue weighted by atomic mass is 79.9. The molecule has 1 unspecified atom stereocenters. The maximum atomic E-state index is 14.0. The van der Waals surface area contributed by atoms with Gasteiger partial charge in [0.1, 0.15) is 22.9 Å². The Hall–Kier alpha value is -3.15. The summed E-state index contributed by atoms with van der Waals surface area (Å²) in [7, 11) is 0. The Kier molecular flexibility index (Phi) is 6.62. The summed E-state index contributed by atoms with van der Waals surface area (Å²) in [5, 5.41) is 14.4. The highest BCUT2D eigenvalue weighted by molar-refractivity contribution is 9.10. The molecule has 0 amide bonds. The van der Waals surface area contributed by atoms with Gasteiger partial charge in [-0.05, 0) is 94.7 Å². The van der Waals surface area contributed by atoms with Gasteiger partial charge in [0.05, 0.1) is 21.9 Å². The molecule has 0 radical (unpaired) electrons. The van der Waals surface area contributed by atoms with Crippen LogP contribution in [0.5, 0.6) is 0 Å². The van der Waals surface area contributed by atoms with Crippen LogP contribution in [0.25, 0.3) is 16.8 Å². The lowest BCUT2D eigenvalue weighted by atomic mass is 10.0. The highest BCUT2D eigenvalue weighted by Gasteiger charge is 2.32. The van der Waals surface area contributed by atoms with Gasteiger partial charge in [0.25, 0.3) is 11.3 Å². The molecule has 1 saturated carbocycles. The standard InChI is InChI=1S/C25H20BrF2N3O4S/c26-19-8-1-14(11-20(19)28)9-10-31(36(34)35)22-13-30-21(12-18(22)15-2-3-15)23(25(32)33)24(29-30)16-4-6-17(27)7-5-16/h1,4-8,11-13,15H,2-3,9-10H2,(H,32,33)(H,34,35). The minimum Gasteiger partial charge on any atom is -0.478 e. The summed E-state index contributed by atoms with van der Waals surface area (Å²) < 4.78 is 53.0. The zero-order valence-electron chi connectivity index (χ0n) is 18.7. The highest BCUT2D eigenvalue weighted by Crippen LogP contribution is 2.46. The summed E-state index contributed by atoms with van der Waals surface area (Å²) in [5.74, 6) is -1.94. The second-order valence-corrected chi connectivity index (χ2v) is 10.3. The molecule has 4 aromatic rings. The number of hydrogen-bond donors (Lipinski definition) is 2. The average molecular weight is 576 g/mol. The molecule has 2 aromatic carbocycles. The number of rotatable bonds is 8. The lowest BCUT2D eigenvalue weighted by Crippen LogP contribution is -2.29. The van der Waals surface area contributed by atoms with Crippen molar-refractivity contribution in [3.8, 4) is 11.3 Å². The number of carbonyl (C=O) groups is 1. The van der Waals surface area contributed by atoms with Crippen LogP contribution < -0.4 is 4.31 Å². The maximum absolute atomic E-state index is 14.0. The number of anilines is 1. The number of benzene rings is 2. The second-order valence-electron chi connectivity index (χ2n) is 8.59. The Balaban J connectivity index is 1.60. The van der Waals surface area contributed by atoms with Gasteiger partial charge in [-0.25, -0.2) is 22.3 Å². The van der Waals surface area contributed by atoms with Crippen LogP contribution in [0.15, 0.2) is 59.2 Å². The van der Waals surface area contributed by atoms with E-state index < -0.39 is 28.9 Å². The summed E-state index contributed by atoms with van der Waals surface area (Å²) in [6.45, 7) is 0.118. The topological polar surface area (TPSA) is 95.1 Å². The molecule has 36 heavy (non-hydrogen) atoms. The smallest absolute Gasteiger partial charge is 0.340 e. The molecule has 5 rings (SSSR count). The monoisotopic (exact) mass is 575 g/mol. The van der Waals surface area contributed by atoms with Crippen LogP contribution in [0.1, 0.15) is 40.2 Å². The van der Waals surface area contributed by atoms with E-state index in [9.17, 15) is 27.4 Å². The molecule has 1 aliphatic rings. The lowest BCUT2D eigenvalue weighted by molar-refractivity contribution is 0.0699. The van der Waals surface area contributed by atoms with E-state index in [4.69, 9.17) is 0 Å². The minimum absolute atomic E-state index is 0.0305. The summed E-state index contributed by atoms with van der Waals surface area (Å²) in [6, 6.07) is 11.8. The third kappa shape index (κ3) is 4.78. The van der Waals surface area contributed by atoms with Gasteiger partial charge in [-0.2, -0.15) is 5.10 Å². The first-order chi connectivity index (χ1) is 17.2. The number of halogens is 3. The van der Waals surface area contributed by atoms with E-state index in [1.807, 2.05) is 0 Å². The number of hydrogen-bond acceptors (Lipinski definition) is 3. The number of fused-ring (bicyclic) bond motifs is 1. The second kappa shape index (κ2) is 9.72. The Morgan fingerprint density at radius 3 is 2.50 bits per heavy atom. The average Bonchev–Trinajstić information content (AvgIpc) is 3.61. The molecule has 2 aromatic heterocycles. The Bertz CT molecular complexity index is 1510. The van der Waals surface area contributed by atoms with E-state index in [-0.39, 0.29) is 23.7 Å². The number of aromatic carboxylic acids is 1. The van der Waals surface area contributed by atoms with Crippen molar-refractivity contribution in [2.75, 3.05) is 10.8 Å². The van der Waals surface area contributed by atoms with Crippen molar-refractivity contribution in [3.63, 3.8) is 0 Å². The third-order valence-electron chi connectivity index (χ3n) is 6.17. The molecule has 11 heteroatoms. The number of carboxylic acids is 1. The fraction of sp³-hybridized carbons (Fsp3) is 0.200. The van der Waals surface area contributed by atoms with Gasteiger partial charge in [-0.1, -0.05) is 6.07 Å². The van der Waals surface area contributed by atoms with E-state index in [0.29, 0.717) is 33.2 Å². The lowest BCUT2D eigenvalue weighted by Gasteiger charge is -2.23. The van der Waals surface area contributed by atoms with Crippen LogP contribution in [-0.2, 0) is 17.7 Å². The van der Waals surface area contributed by atoms with Gasteiger partial charge in [-0.15, -0.1) is 0 Å². The normalized spacial score (nSPS) is 14.2. The van der Waals surface area contributed by atoms with Crippen molar-refractivity contribution in [1.29, 1.82) is 0 Å². The van der Waals surface area contributed by atoms with Crippen LogP contribution >= 0.6 is 15.9 Å². The van der Waals surface area contributed by atoms with Crippen molar-refractivity contribution in [3.05, 3.63) is 87.5 Å². The van der Waals surface area contributed by atoms with Gasteiger partial charge in [0, 0.05) is 12.1 Å². The Labute approximate surface area is 215 Å². The summed E-state index contributed by atoms with van der Waals surface area (Å²) >= 11 is 0.724. The van der Waals surface area contributed by atoms with E-state index in [2.05, 4.69) is 21.0 Å². The summed E-state index contributed by atoms with van der Waals surface area (Å²) in [6.07, 6.45) is 3.60. The largest absolute Gasteiger partial charge is 0.478 e. The van der Waals surface area contributed by atoms with Gasteiger partial charge in [0.2, 0.25) is 0 Å². The molecular weight excluding hydrogens is 556 g/mol. The summed E-state index contributed by atoms with van der Waals surface area (Å²) in [5.41, 5.74) is 2.78. The minimum atomic E-state index is -2.39. The predicted molar refractivity (Wildman–Crippen MR) is 135 cm³/mol. The first kappa shape index (κ1) is 24.5.